The third-order valence-corrected chi connectivity index (χ3v) is 2.33. The van der Waals surface area contributed by atoms with Gasteiger partial charge >= 0.3 is 0 Å². The molecule has 3 nitrogen and oxygen atoms in total. The second-order valence-corrected chi connectivity index (χ2v) is 3.30. The Kier molecular flexibility index (Phi) is 2.63. The number of benzene rings is 1. The standard InChI is InChI=1S/C12H12N2O/c1-13-8-12(15)10-6-7-14-11-5-3-2-4-9(10)11/h2-6,8,14H,7H2,1H3/b13-8-. The van der Waals surface area contributed by atoms with Gasteiger partial charge < -0.3 is 5.32 Å². The van der Waals surface area contributed by atoms with Crippen molar-refractivity contribution in [1.82, 2.24) is 0 Å². The lowest BCUT2D eigenvalue weighted by Gasteiger charge is -2.17. The summed E-state index contributed by atoms with van der Waals surface area (Å²) in [5, 5.41) is 3.22. The zero-order chi connectivity index (χ0) is 10.7. The molecule has 15 heavy (non-hydrogen) atoms. The van der Waals surface area contributed by atoms with Crippen LogP contribution in [0.1, 0.15) is 5.56 Å². The number of hydrogen-bond acceptors (Lipinski definition) is 3. The van der Waals surface area contributed by atoms with E-state index < -0.39 is 0 Å². The fourth-order valence-corrected chi connectivity index (χ4v) is 1.67. The minimum absolute atomic E-state index is 0.0357. The highest BCUT2D eigenvalue weighted by molar-refractivity contribution is 6.48. The van der Waals surface area contributed by atoms with E-state index in [1.807, 2.05) is 30.3 Å². The minimum Gasteiger partial charge on any atom is -0.381 e. The fourth-order valence-electron chi connectivity index (χ4n) is 1.67. The van der Waals surface area contributed by atoms with Crippen molar-refractivity contribution in [2.45, 2.75) is 0 Å². The monoisotopic (exact) mass is 200 g/mol. The molecule has 0 aliphatic carbocycles. The van der Waals surface area contributed by atoms with Gasteiger partial charge in [-0.25, -0.2) is 0 Å². The van der Waals surface area contributed by atoms with Crippen LogP contribution in [0.5, 0.6) is 0 Å². The van der Waals surface area contributed by atoms with E-state index in [1.165, 1.54) is 6.21 Å². The summed E-state index contributed by atoms with van der Waals surface area (Å²) < 4.78 is 0. The maximum Gasteiger partial charge on any atom is 0.203 e. The first-order valence-corrected chi connectivity index (χ1v) is 4.83. The number of rotatable bonds is 2. The summed E-state index contributed by atoms with van der Waals surface area (Å²) in [4.78, 5) is 15.5. The van der Waals surface area contributed by atoms with Gasteiger partial charge in [0.05, 0.1) is 6.21 Å². The summed E-state index contributed by atoms with van der Waals surface area (Å²) in [6.45, 7) is 0.690. The normalized spacial score (nSPS) is 14.3. The lowest BCUT2D eigenvalue weighted by molar-refractivity contribution is -0.107. The van der Waals surface area contributed by atoms with Gasteiger partial charge in [0.2, 0.25) is 5.78 Å². The van der Waals surface area contributed by atoms with Gasteiger partial charge in [0.25, 0.3) is 0 Å². The number of anilines is 1. The van der Waals surface area contributed by atoms with Crippen LogP contribution >= 0.6 is 0 Å². The first kappa shape index (κ1) is 9.65. The molecular formula is C12H12N2O. The van der Waals surface area contributed by atoms with Gasteiger partial charge in [-0.1, -0.05) is 24.3 Å². The third-order valence-electron chi connectivity index (χ3n) is 2.33. The Labute approximate surface area is 88.5 Å². The Morgan fingerprint density at radius 3 is 3.07 bits per heavy atom. The topological polar surface area (TPSA) is 41.5 Å². The average Bonchev–Trinajstić information content (AvgIpc) is 2.28. The van der Waals surface area contributed by atoms with Crippen LogP contribution in [-0.4, -0.2) is 25.6 Å². The number of aliphatic imine (C=N–C) groups is 1. The quantitative estimate of drug-likeness (QED) is 0.739. The molecule has 76 valence electrons. The van der Waals surface area contributed by atoms with E-state index >= 15 is 0 Å². The van der Waals surface area contributed by atoms with Crippen LogP contribution in [0.3, 0.4) is 0 Å². The molecule has 0 saturated heterocycles. The van der Waals surface area contributed by atoms with E-state index in [2.05, 4.69) is 10.3 Å². The van der Waals surface area contributed by atoms with Crippen molar-refractivity contribution in [1.29, 1.82) is 0 Å². The molecule has 1 aromatic rings. The van der Waals surface area contributed by atoms with Gasteiger partial charge in [-0.3, -0.25) is 9.79 Å². The van der Waals surface area contributed by atoms with Crippen LogP contribution in [-0.2, 0) is 4.79 Å². The van der Waals surface area contributed by atoms with Gasteiger partial charge in [-0.15, -0.1) is 0 Å². The summed E-state index contributed by atoms with van der Waals surface area (Å²) in [5.74, 6) is -0.0357. The molecule has 0 radical (unpaired) electrons. The van der Waals surface area contributed by atoms with E-state index in [4.69, 9.17) is 0 Å². The van der Waals surface area contributed by atoms with E-state index in [0.29, 0.717) is 6.54 Å². The summed E-state index contributed by atoms with van der Waals surface area (Å²) in [6, 6.07) is 7.79. The van der Waals surface area contributed by atoms with Crippen molar-refractivity contribution in [2.24, 2.45) is 4.99 Å². The van der Waals surface area contributed by atoms with E-state index in [1.54, 1.807) is 7.05 Å². The van der Waals surface area contributed by atoms with Crippen molar-refractivity contribution < 1.29 is 4.79 Å². The molecule has 0 atom stereocenters. The number of Topliss-reactive ketones (excluding diaryl/α,β-unsaturated/α-hetero) is 1. The Morgan fingerprint density at radius 1 is 1.47 bits per heavy atom. The minimum atomic E-state index is -0.0357. The molecular weight excluding hydrogens is 188 g/mol. The summed E-state index contributed by atoms with van der Waals surface area (Å²) in [6.07, 6.45) is 3.25. The maximum absolute atomic E-state index is 11.7. The van der Waals surface area contributed by atoms with Gasteiger partial charge in [0.1, 0.15) is 0 Å². The van der Waals surface area contributed by atoms with Gasteiger partial charge in [-0.2, -0.15) is 0 Å². The molecule has 0 amide bonds. The van der Waals surface area contributed by atoms with E-state index in [-0.39, 0.29) is 5.78 Å². The van der Waals surface area contributed by atoms with Gasteiger partial charge in [-0.05, 0) is 6.07 Å². The van der Waals surface area contributed by atoms with Crippen LogP contribution in [0.4, 0.5) is 5.69 Å². The summed E-state index contributed by atoms with van der Waals surface area (Å²) in [5.41, 5.74) is 2.69. The molecule has 2 rings (SSSR count). The summed E-state index contributed by atoms with van der Waals surface area (Å²) in [7, 11) is 1.60. The lowest BCUT2D eigenvalue weighted by atomic mass is 9.97. The van der Waals surface area contributed by atoms with Crippen molar-refractivity contribution >= 4 is 23.3 Å². The van der Waals surface area contributed by atoms with Crippen LogP contribution in [0.25, 0.3) is 5.57 Å². The second-order valence-electron chi connectivity index (χ2n) is 3.30. The third kappa shape index (κ3) is 1.81. The van der Waals surface area contributed by atoms with Crippen LogP contribution in [0, 0.1) is 0 Å². The number of carbonyl (C=O) groups excluding carboxylic acids is 1. The number of hydrogen-bond donors (Lipinski definition) is 1. The lowest BCUT2D eigenvalue weighted by Crippen LogP contribution is -2.13. The van der Waals surface area contributed by atoms with Crippen molar-refractivity contribution in [3.63, 3.8) is 0 Å². The zero-order valence-electron chi connectivity index (χ0n) is 8.53. The van der Waals surface area contributed by atoms with E-state index in [0.717, 1.165) is 16.8 Å². The van der Waals surface area contributed by atoms with Gasteiger partial charge in [0.15, 0.2) is 0 Å². The maximum atomic E-state index is 11.7. The molecule has 0 unspecified atom stereocenters. The number of allylic oxidation sites excluding steroid dienone is 1. The first-order chi connectivity index (χ1) is 7.33. The number of carbonyl (C=O) groups is 1. The highest BCUT2D eigenvalue weighted by Crippen LogP contribution is 2.27. The molecule has 0 fully saturated rings. The molecule has 1 aromatic carbocycles. The molecule has 1 aliphatic heterocycles. The number of nitrogens with zero attached hydrogens (tertiary/aromatic N) is 1. The van der Waals surface area contributed by atoms with Gasteiger partial charge in [0, 0.05) is 30.4 Å². The second kappa shape index (κ2) is 4.09. The highest BCUT2D eigenvalue weighted by Gasteiger charge is 2.15. The molecule has 0 aromatic heterocycles. The SMILES string of the molecule is C/N=C\C(=O)C1=CCNc2ccccc21. The molecule has 0 spiro atoms. The molecule has 0 bridgehead atoms. The number of nitrogens with one attached hydrogen (secondary N) is 1. The number of fused-ring (bicyclic) bond motifs is 1. The highest BCUT2D eigenvalue weighted by atomic mass is 16.1. The predicted molar refractivity (Wildman–Crippen MR) is 62.3 cm³/mol. The van der Waals surface area contributed by atoms with Crippen molar-refractivity contribution in [3.05, 3.63) is 35.9 Å². The fraction of sp³-hybridized carbons (Fsp3) is 0.167. The Morgan fingerprint density at radius 2 is 2.27 bits per heavy atom. The zero-order valence-corrected chi connectivity index (χ0v) is 8.53. The van der Waals surface area contributed by atoms with Crippen molar-refractivity contribution in [2.75, 3.05) is 18.9 Å². The van der Waals surface area contributed by atoms with Crippen LogP contribution in [0.15, 0.2) is 35.3 Å². The number of ketones is 1. The molecule has 3 heteroatoms. The molecule has 1 N–H and O–H groups in total. The Balaban J connectivity index is 2.42. The van der Waals surface area contributed by atoms with Crippen LogP contribution in [0.2, 0.25) is 0 Å². The number of para-hydroxylation sites is 1. The average molecular weight is 200 g/mol. The molecule has 1 aliphatic rings. The summed E-state index contributed by atoms with van der Waals surface area (Å²) >= 11 is 0. The van der Waals surface area contributed by atoms with Crippen molar-refractivity contribution in [3.8, 4) is 0 Å². The predicted octanol–water partition coefficient (Wildman–Crippen LogP) is 1.77. The first-order valence-electron chi connectivity index (χ1n) is 4.83. The van der Waals surface area contributed by atoms with Crippen LogP contribution < -0.4 is 5.32 Å². The smallest absolute Gasteiger partial charge is 0.203 e. The Hall–Kier alpha value is -1.90. The molecule has 0 saturated carbocycles. The Bertz CT molecular complexity index is 447. The molecule has 1 heterocycles. The van der Waals surface area contributed by atoms with E-state index in [9.17, 15) is 4.79 Å². The largest absolute Gasteiger partial charge is 0.381 e.